The van der Waals surface area contributed by atoms with Gasteiger partial charge in [0, 0.05) is 68.0 Å². The molecule has 0 spiro atoms. The van der Waals surface area contributed by atoms with Crippen LogP contribution in [0.15, 0.2) is 79.0 Å². The number of amides is 4. The highest BCUT2D eigenvalue weighted by atomic mass is 16.2. The summed E-state index contributed by atoms with van der Waals surface area (Å²) in [6, 6.07) is 22.3. The van der Waals surface area contributed by atoms with Crippen LogP contribution in [0.25, 0.3) is 10.9 Å². The van der Waals surface area contributed by atoms with Crippen molar-refractivity contribution in [1.29, 1.82) is 0 Å². The Morgan fingerprint density at radius 3 is 2.36 bits per heavy atom. The predicted molar refractivity (Wildman–Crippen MR) is 180 cm³/mol. The Kier molecular flexibility index (Phi) is 10.0. The van der Waals surface area contributed by atoms with Gasteiger partial charge in [0.15, 0.2) is 0 Å². The van der Waals surface area contributed by atoms with Gasteiger partial charge in [-0.2, -0.15) is 0 Å². The third kappa shape index (κ3) is 7.46. The van der Waals surface area contributed by atoms with Crippen LogP contribution in [0.5, 0.6) is 0 Å². The van der Waals surface area contributed by atoms with E-state index in [-0.39, 0.29) is 17.9 Å². The van der Waals surface area contributed by atoms with Crippen molar-refractivity contribution in [3.63, 3.8) is 0 Å². The molecule has 1 aromatic heterocycles. The molecule has 1 aliphatic rings. The summed E-state index contributed by atoms with van der Waals surface area (Å²) in [6.07, 6.45) is 1.90. The van der Waals surface area contributed by atoms with Gasteiger partial charge in [0.2, 0.25) is 5.91 Å². The molecule has 10 heteroatoms. The van der Waals surface area contributed by atoms with Gasteiger partial charge in [0.05, 0.1) is 11.3 Å². The lowest BCUT2D eigenvalue weighted by Gasteiger charge is -2.37. The number of anilines is 2. The summed E-state index contributed by atoms with van der Waals surface area (Å²) in [7, 11) is 3.92. The van der Waals surface area contributed by atoms with Crippen molar-refractivity contribution < 1.29 is 14.4 Å². The molecule has 2 heterocycles. The second-order valence-electron chi connectivity index (χ2n) is 11.8. The zero-order chi connectivity index (χ0) is 31.9. The van der Waals surface area contributed by atoms with Gasteiger partial charge in [-0.15, -0.1) is 0 Å². The summed E-state index contributed by atoms with van der Waals surface area (Å²) in [5.74, 6) is -1.05. The van der Waals surface area contributed by atoms with Crippen molar-refractivity contribution in [3.05, 3.63) is 95.7 Å². The molecule has 1 saturated heterocycles. The number of rotatable bonds is 10. The molecule has 1 aliphatic heterocycles. The van der Waals surface area contributed by atoms with Gasteiger partial charge < -0.3 is 35.6 Å². The number of carbonyl (C=O) groups excluding carboxylic acids is 3. The number of fused-ring (bicyclic) bond motifs is 1. The number of H-pyrrole nitrogens is 1. The van der Waals surface area contributed by atoms with E-state index < -0.39 is 11.9 Å². The van der Waals surface area contributed by atoms with E-state index in [2.05, 4.69) is 38.0 Å². The number of nitrogens with zero attached hydrogens (tertiary/aromatic N) is 3. The Labute approximate surface area is 264 Å². The number of nitrogens with one attached hydrogen (secondary N) is 4. The molecule has 0 saturated carbocycles. The lowest BCUT2D eigenvalue weighted by molar-refractivity contribution is -0.118. The fourth-order valence-corrected chi connectivity index (χ4v) is 5.92. The SMILES string of the molecule is CCNC(=O)c1ccc(CN(C)C)cc1NC(=O)[C@H](NC(=O)N1CCN(c2ccccc2)CC1)[C@@H](C)c1c[nH]c2ccccc12. The van der Waals surface area contributed by atoms with E-state index in [0.29, 0.717) is 50.5 Å². The summed E-state index contributed by atoms with van der Waals surface area (Å²) < 4.78 is 0. The molecule has 5 rings (SSSR count). The molecular weight excluding hydrogens is 566 g/mol. The molecule has 1 fully saturated rings. The first-order chi connectivity index (χ1) is 21.7. The van der Waals surface area contributed by atoms with Crippen molar-refractivity contribution in [2.45, 2.75) is 32.4 Å². The number of hydrogen-bond acceptors (Lipinski definition) is 5. The number of aromatic nitrogens is 1. The molecule has 236 valence electrons. The van der Waals surface area contributed by atoms with E-state index in [4.69, 9.17) is 0 Å². The van der Waals surface area contributed by atoms with Gasteiger partial charge >= 0.3 is 6.03 Å². The fraction of sp³-hybridized carbons (Fsp3) is 0.343. The molecule has 45 heavy (non-hydrogen) atoms. The molecule has 0 radical (unpaired) electrons. The first-order valence-electron chi connectivity index (χ1n) is 15.5. The number of carbonyl (C=O) groups is 3. The average Bonchev–Trinajstić information content (AvgIpc) is 3.48. The Hall–Kier alpha value is -4.83. The summed E-state index contributed by atoms with van der Waals surface area (Å²) in [6.45, 7) is 7.35. The number of hydrogen-bond donors (Lipinski definition) is 4. The van der Waals surface area contributed by atoms with Crippen LogP contribution < -0.4 is 20.9 Å². The molecular formula is C35H43N7O3. The van der Waals surface area contributed by atoms with Gasteiger partial charge in [-0.05, 0) is 62.5 Å². The number of para-hydroxylation sites is 2. The third-order valence-corrected chi connectivity index (χ3v) is 8.28. The van der Waals surface area contributed by atoms with Crippen LogP contribution >= 0.6 is 0 Å². The van der Waals surface area contributed by atoms with Crippen LogP contribution in [-0.2, 0) is 11.3 Å². The Balaban J connectivity index is 1.41. The van der Waals surface area contributed by atoms with E-state index in [0.717, 1.165) is 27.7 Å². The minimum absolute atomic E-state index is 0.272. The van der Waals surface area contributed by atoms with E-state index in [9.17, 15) is 14.4 Å². The van der Waals surface area contributed by atoms with E-state index >= 15 is 0 Å². The standard InChI is InChI=1S/C35H43N7O3/c1-5-36-33(43)28-16-15-25(23-40(3)4)21-31(28)38-34(44)32(24(2)29-22-37-30-14-10-9-13-27(29)30)39-35(45)42-19-17-41(18-20-42)26-11-7-6-8-12-26/h6-16,21-22,24,32,37H,5,17-20,23H2,1-4H3,(H,36,43)(H,38,44)(H,39,45)/t24-,32+/m0/s1. The molecule has 10 nitrogen and oxygen atoms in total. The van der Waals surface area contributed by atoms with Gasteiger partial charge in [-0.1, -0.05) is 49.4 Å². The highest BCUT2D eigenvalue weighted by Crippen LogP contribution is 2.29. The van der Waals surface area contributed by atoms with Crippen LogP contribution in [-0.4, -0.2) is 85.5 Å². The first kappa shape index (κ1) is 31.6. The lowest BCUT2D eigenvalue weighted by Crippen LogP contribution is -2.56. The molecule has 0 bridgehead atoms. The van der Waals surface area contributed by atoms with Crippen molar-refractivity contribution in [2.24, 2.45) is 0 Å². The van der Waals surface area contributed by atoms with Gasteiger partial charge in [0.25, 0.3) is 5.91 Å². The summed E-state index contributed by atoms with van der Waals surface area (Å²) in [4.78, 5) is 50.2. The van der Waals surface area contributed by atoms with E-state index in [1.165, 1.54) is 0 Å². The Morgan fingerprint density at radius 2 is 1.64 bits per heavy atom. The second-order valence-corrected chi connectivity index (χ2v) is 11.8. The molecule has 4 amide bonds. The summed E-state index contributed by atoms with van der Waals surface area (Å²) >= 11 is 0. The minimum atomic E-state index is -0.913. The zero-order valence-corrected chi connectivity index (χ0v) is 26.5. The summed E-state index contributed by atoms with van der Waals surface area (Å²) in [5.41, 5.74) is 4.73. The van der Waals surface area contributed by atoms with Crippen LogP contribution in [0.1, 0.15) is 41.3 Å². The maximum atomic E-state index is 14.2. The highest BCUT2D eigenvalue weighted by Gasteiger charge is 2.33. The van der Waals surface area contributed by atoms with E-state index in [1.807, 2.05) is 93.6 Å². The van der Waals surface area contributed by atoms with Crippen molar-refractivity contribution in [3.8, 4) is 0 Å². The van der Waals surface area contributed by atoms with Crippen LogP contribution in [0, 0.1) is 0 Å². The minimum Gasteiger partial charge on any atom is -0.368 e. The molecule has 2 atom stereocenters. The van der Waals surface area contributed by atoms with Gasteiger partial charge in [-0.25, -0.2) is 4.79 Å². The number of urea groups is 1. The van der Waals surface area contributed by atoms with Crippen LogP contribution in [0.3, 0.4) is 0 Å². The molecule has 0 unspecified atom stereocenters. The quantitative estimate of drug-likeness (QED) is 0.210. The summed E-state index contributed by atoms with van der Waals surface area (Å²) in [5, 5.41) is 9.92. The maximum absolute atomic E-state index is 14.2. The average molecular weight is 610 g/mol. The predicted octanol–water partition coefficient (Wildman–Crippen LogP) is 4.62. The molecule has 0 aliphatic carbocycles. The normalized spacial score (nSPS) is 14.7. The topological polar surface area (TPSA) is 113 Å². The van der Waals surface area contributed by atoms with Crippen molar-refractivity contribution >= 4 is 40.1 Å². The van der Waals surface area contributed by atoms with Crippen molar-refractivity contribution in [2.75, 3.05) is 57.0 Å². The zero-order valence-electron chi connectivity index (χ0n) is 26.5. The molecule has 4 N–H and O–H groups in total. The van der Waals surface area contributed by atoms with Gasteiger partial charge in [-0.3, -0.25) is 9.59 Å². The lowest BCUT2D eigenvalue weighted by atomic mass is 9.92. The highest BCUT2D eigenvalue weighted by molar-refractivity contribution is 6.06. The van der Waals surface area contributed by atoms with Crippen LogP contribution in [0.2, 0.25) is 0 Å². The number of piperazine rings is 1. The van der Waals surface area contributed by atoms with Gasteiger partial charge in [0.1, 0.15) is 6.04 Å². The fourth-order valence-electron chi connectivity index (χ4n) is 5.92. The Morgan fingerprint density at radius 1 is 0.933 bits per heavy atom. The second kappa shape index (κ2) is 14.3. The third-order valence-electron chi connectivity index (χ3n) is 8.28. The molecule has 4 aromatic rings. The largest absolute Gasteiger partial charge is 0.368 e. The first-order valence-corrected chi connectivity index (χ1v) is 15.5. The molecule has 3 aromatic carbocycles. The maximum Gasteiger partial charge on any atom is 0.318 e. The number of benzene rings is 3. The Bertz CT molecular complexity index is 1630. The number of aromatic amines is 1. The van der Waals surface area contributed by atoms with Crippen LogP contribution in [0.4, 0.5) is 16.2 Å². The monoisotopic (exact) mass is 609 g/mol. The van der Waals surface area contributed by atoms with E-state index in [1.54, 1.807) is 11.0 Å². The smallest absolute Gasteiger partial charge is 0.318 e. The van der Waals surface area contributed by atoms with Crippen molar-refractivity contribution in [1.82, 2.24) is 25.4 Å².